The molecule has 0 aromatic heterocycles. The predicted molar refractivity (Wildman–Crippen MR) is 80.1 cm³/mol. The third kappa shape index (κ3) is 2.29. The molecule has 0 atom stereocenters. The molecular formula is C17H15NO. The third-order valence-corrected chi connectivity index (χ3v) is 3.09. The van der Waals surface area contributed by atoms with Crippen molar-refractivity contribution in [2.24, 2.45) is 4.99 Å². The SMILES string of the molecule is CCOc1ccccc1/C=C1/C=Nc2ccccc21. The summed E-state index contributed by atoms with van der Waals surface area (Å²) in [7, 11) is 0. The van der Waals surface area contributed by atoms with Crippen LogP contribution in [0.15, 0.2) is 53.5 Å². The van der Waals surface area contributed by atoms with E-state index in [1.807, 2.05) is 49.5 Å². The Hall–Kier alpha value is -2.35. The lowest BCUT2D eigenvalue weighted by Crippen LogP contribution is -1.93. The van der Waals surface area contributed by atoms with Gasteiger partial charge in [-0.15, -0.1) is 0 Å². The number of benzene rings is 2. The molecule has 0 spiro atoms. The molecule has 2 nitrogen and oxygen atoms in total. The summed E-state index contributed by atoms with van der Waals surface area (Å²) in [6.45, 7) is 2.67. The first-order chi connectivity index (χ1) is 9.38. The van der Waals surface area contributed by atoms with E-state index in [9.17, 15) is 0 Å². The van der Waals surface area contributed by atoms with Crippen molar-refractivity contribution in [3.63, 3.8) is 0 Å². The van der Waals surface area contributed by atoms with E-state index in [0.29, 0.717) is 6.61 Å². The van der Waals surface area contributed by atoms with Gasteiger partial charge in [-0.3, -0.25) is 4.99 Å². The molecule has 2 heteroatoms. The summed E-state index contributed by atoms with van der Waals surface area (Å²) >= 11 is 0. The largest absolute Gasteiger partial charge is 0.493 e. The van der Waals surface area contributed by atoms with E-state index in [0.717, 1.165) is 22.6 Å². The van der Waals surface area contributed by atoms with E-state index in [1.165, 1.54) is 5.56 Å². The van der Waals surface area contributed by atoms with E-state index < -0.39 is 0 Å². The van der Waals surface area contributed by atoms with Crippen LogP contribution in [0.25, 0.3) is 11.6 Å². The van der Waals surface area contributed by atoms with Crippen molar-refractivity contribution in [2.75, 3.05) is 6.61 Å². The van der Waals surface area contributed by atoms with Gasteiger partial charge in [-0.2, -0.15) is 0 Å². The van der Waals surface area contributed by atoms with E-state index in [1.54, 1.807) is 0 Å². The number of nitrogens with zero attached hydrogens (tertiary/aromatic N) is 1. The van der Waals surface area contributed by atoms with Crippen LogP contribution >= 0.6 is 0 Å². The maximum Gasteiger partial charge on any atom is 0.126 e. The molecule has 2 aromatic rings. The van der Waals surface area contributed by atoms with Crippen LogP contribution in [-0.4, -0.2) is 12.8 Å². The van der Waals surface area contributed by atoms with Gasteiger partial charge >= 0.3 is 0 Å². The summed E-state index contributed by atoms with van der Waals surface area (Å²) in [4.78, 5) is 4.42. The lowest BCUT2D eigenvalue weighted by Gasteiger charge is -2.07. The lowest BCUT2D eigenvalue weighted by molar-refractivity contribution is 0.339. The second-order valence-corrected chi connectivity index (χ2v) is 4.35. The average Bonchev–Trinajstić information content (AvgIpc) is 2.85. The molecule has 1 aliphatic rings. The monoisotopic (exact) mass is 249 g/mol. The van der Waals surface area contributed by atoms with Gasteiger partial charge < -0.3 is 4.74 Å². The number of rotatable bonds is 3. The Bertz CT molecular complexity index is 656. The molecule has 94 valence electrons. The molecular weight excluding hydrogens is 234 g/mol. The van der Waals surface area contributed by atoms with Gasteiger partial charge in [0.1, 0.15) is 5.75 Å². The number of aliphatic imine (C=N–C) groups is 1. The maximum atomic E-state index is 5.65. The summed E-state index contributed by atoms with van der Waals surface area (Å²) in [5.41, 5.74) is 4.42. The van der Waals surface area contributed by atoms with Gasteiger partial charge in [-0.25, -0.2) is 0 Å². The predicted octanol–water partition coefficient (Wildman–Crippen LogP) is 4.34. The number of allylic oxidation sites excluding steroid dienone is 1. The molecule has 0 fully saturated rings. The zero-order valence-electron chi connectivity index (χ0n) is 10.8. The fourth-order valence-corrected chi connectivity index (χ4v) is 2.21. The summed E-state index contributed by atoms with van der Waals surface area (Å²) in [5.74, 6) is 0.912. The maximum absolute atomic E-state index is 5.65. The number of para-hydroxylation sites is 2. The zero-order valence-corrected chi connectivity index (χ0v) is 10.8. The van der Waals surface area contributed by atoms with E-state index >= 15 is 0 Å². The molecule has 2 aromatic carbocycles. The molecule has 0 unspecified atom stereocenters. The fraction of sp³-hybridized carbons (Fsp3) is 0.118. The zero-order chi connectivity index (χ0) is 13.1. The van der Waals surface area contributed by atoms with Crippen LogP contribution in [0.4, 0.5) is 5.69 Å². The Balaban J connectivity index is 2.02. The summed E-state index contributed by atoms with van der Waals surface area (Å²) in [6, 6.07) is 16.2. The Morgan fingerprint density at radius 2 is 1.84 bits per heavy atom. The van der Waals surface area contributed by atoms with Crippen molar-refractivity contribution >= 4 is 23.6 Å². The molecule has 0 saturated carbocycles. The Kier molecular flexibility index (Phi) is 3.15. The second kappa shape index (κ2) is 5.11. The first-order valence-electron chi connectivity index (χ1n) is 6.45. The van der Waals surface area contributed by atoms with Crippen molar-refractivity contribution in [3.05, 3.63) is 59.7 Å². The molecule has 0 radical (unpaired) electrons. The van der Waals surface area contributed by atoms with Gasteiger partial charge in [0.25, 0.3) is 0 Å². The summed E-state index contributed by atoms with van der Waals surface area (Å²) < 4.78 is 5.65. The van der Waals surface area contributed by atoms with Gasteiger partial charge in [-0.1, -0.05) is 36.4 Å². The summed E-state index contributed by atoms with van der Waals surface area (Å²) in [6.07, 6.45) is 4.04. The van der Waals surface area contributed by atoms with Crippen LogP contribution in [0, 0.1) is 0 Å². The minimum atomic E-state index is 0.671. The molecule has 0 saturated heterocycles. The quantitative estimate of drug-likeness (QED) is 0.792. The Morgan fingerprint density at radius 3 is 2.74 bits per heavy atom. The topological polar surface area (TPSA) is 21.6 Å². The molecule has 0 bridgehead atoms. The third-order valence-electron chi connectivity index (χ3n) is 3.09. The standard InChI is InChI=1S/C17H15NO/c1-2-19-17-10-6-3-7-13(17)11-14-12-18-16-9-5-4-8-15(14)16/h3-12H,2H2,1H3/b14-11-. The normalized spacial score (nSPS) is 14.7. The van der Waals surface area contributed by atoms with Crippen LogP contribution in [0.5, 0.6) is 5.75 Å². The molecule has 0 N–H and O–H groups in total. The van der Waals surface area contributed by atoms with Gasteiger partial charge in [0.2, 0.25) is 0 Å². The van der Waals surface area contributed by atoms with E-state index in [2.05, 4.69) is 23.2 Å². The van der Waals surface area contributed by atoms with Crippen LogP contribution in [0.3, 0.4) is 0 Å². The minimum absolute atomic E-state index is 0.671. The number of ether oxygens (including phenoxy) is 1. The highest BCUT2D eigenvalue weighted by Crippen LogP contribution is 2.33. The smallest absolute Gasteiger partial charge is 0.126 e. The van der Waals surface area contributed by atoms with Crippen LogP contribution in [0.1, 0.15) is 18.1 Å². The number of fused-ring (bicyclic) bond motifs is 1. The highest BCUT2D eigenvalue weighted by Gasteiger charge is 2.11. The molecule has 1 aliphatic heterocycles. The van der Waals surface area contributed by atoms with Gasteiger partial charge in [-0.05, 0) is 25.1 Å². The first-order valence-corrected chi connectivity index (χ1v) is 6.45. The van der Waals surface area contributed by atoms with E-state index in [-0.39, 0.29) is 0 Å². The number of hydrogen-bond acceptors (Lipinski definition) is 2. The molecule has 0 aliphatic carbocycles. The van der Waals surface area contributed by atoms with Gasteiger partial charge in [0.15, 0.2) is 0 Å². The van der Waals surface area contributed by atoms with Crippen LogP contribution in [-0.2, 0) is 0 Å². The highest BCUT2D eigenvalue weighted by atomic mass is 16.5. The first kappa shape index (κ1) is 11.7. The second-order valence-electron chi connectivity index (χ2n) is 4.35. The minimum Gasteiger partial charge on any atom is -0.493 e. The van der Waals surface area contributed by atoms with Gasteiger partial charge in [0, 0.05) is 22.9 Å². The summed E-state index contributed by atoms with van der Waals surface area (Å²) in [5, 5.41) is 0. The van der Waals surface area contributed by atoms with Crippen molar-refractivity contribution < 1.29 is 4.74 Å². The lowest BCUT2D eigenvalue weighted by atomic mass is 10.0. The van der Waals surface area contributed by atoms with Gasteiger partial charge in [0.05, 0.1) is 12.3 Å². The molecule has 0 amide bonds. The molecule has 1 heterocycles. The van der Waals surface area contributed by atoms with Crippen molar-refractivity contribution in [1.82, 2.24) is 0 Å². The van der Waals surface area contributed by atoms with Crippen molar-refractivity contribution in [1.29, 1.82) is 0 Å². The van der Waals surface area contributed by atoms with Crippen LogP contribution < -0.4 is 4.74 Å². The fourth-order valence-electron chi connectivity index (χ4n) is 2.21. The van der Waals surface area contributed by atoms with Crippen molar-refractivity contribution in [3.8, 4) is 5.75 Å². The van der Waals surface area contributed by atoms with Crippen molar-refractivity contribution in [2.45, 2.75) is 6.92 Å². The Morgan fingerprint density at radius 1 is 1.05 bits per heavy atom. The molecule has 3 rings (SSSR count). The average molecular weight is 249 g/mol. The van der Waals surface area contributed by atoms with Crippen LogP contribution in [0.2, 0.25) is 0 Å². The number of hydrogen-bond donors (Lipinski definition) is 0. The molecule has 19 heavy (non-hydrogen) atoms. The highest BCUT2D eigenvalue weighted by molar-refractivity contribution is 6.21. The Labute approximate surface area is 113 Å². The van der Waals surface area contributed by atoms with E-state index in [4.69, 9.17) is 4.74 Å².